The lowest BCUT2D eigenvalue weighted by Crippen LogP contribution is -2.48. The van der Waals surface area contributed by atoms with Gasteiger partial charge >= 0.3 is 0 Å². The number of amides is 1. The minimum absolute atomic E-state index is 0.0166. The van der Waals surface area contributed by atoms with E-state index in [4.69, 9.17) is 4.74 Å². The summed E-state index contributed by atoms with van der Waals surface area (Å²) >= 11 is 0. The molecule has 0 bridgehead atoms. The normalized spacial score (nSPS) is 23.2. The van der Waals surface area contributed by atoms with Crippen molar-refractivity contribution in [3.05, 3.63) is 35.4 Å². The molecular weight excluding hydrogens is 300 g/mol. The van der Waals surface area contributed by atoms with E-state index >= 15 is 0 Å². The summed E-state index contributed by atoms with van der Waals surface area (Å²) in [6, 6.07) is 9.10. The van der Waals surface area contributed by atoms with Gasteiger partial charge in [0.15, 0.2) is 0 Å². The molecule has 3 rings (SSSR count). The zero-order valence-corrected chi connectivity index (χ0v) is 15.2. The SMILES string of the molecule is Cc1cccc(CC2(NC(=O)CC3CN(C(C)C)CCO3)CC2)c1. The summed E-state index contributed by atoms with van der Waals surface area (Å²) in [6.45, 7) is 9.06. The quantitative estimate of drug-likeness (QED) is 0.872. The van der Waals surface area contributed by atoms with Gasteiger partial charge < -0.3 is 10.1 Å². The largest absolute Gasteiger partial charge is 0.375 e. The molecule has 2 fully saturated rings. The maximum atomic E-state index is 12.5. The van der Waals surface area contributed by atoms with Crippen molar-refractivity contribution < 1.29 is 9.53 Å². The molecule has 1 saturated carbocycles. The Hall–Kier alpha value is -1.39. The molecular formula is C20H30N2O2. The molecule has 0 spiro atoms. The first kappa shape index (κ1) is 17.4. The highest BCUT2D eigenvalue weighted by molar-refractivity contribution is 5.78. The summed E-state index contributed by atoms with van der Waals surface area (Å²) in [4.78, 5) is 14.9. The van der Waals surface area contributed by atoms with Crippen LogP contribution in [0.3, 0.4) is 0 Å². The Morgan fingerprint density at radius 2 is 2.21 bits per heavy atom. The van der Waals surface area contributed by atoms with Gasteiger partial charge in [0.25, 0.3) is 0 Å². The highest BCUT2D eigenvalue weighted by atomic mass is 16.5. The van der Waals surface area contributed by atoms with Gasteiger partial charge in [-0.05, 0) is 45.6 Å². The van der Waals surface area contributed by atoms with Crippen molar-refractivity contribution in [1.29, 1.82) is 0 Å². The number of hydrogen-bond acceptors (Lipinski definition) is 3. The molecule has 1 aromatic carbocycles. The monoisotopic (exact) mass is 330 g/mol. The molecule has 1 aliphatic heterocycles. The van der Waals surface area contributed by atoms with Crippen molar-refractivity contribution in [2.75, 3.05) is 19.7 Å². The number of rotatable bonds is 6. The molecule has 1 N–H and O–H groups in total. The molecule has 1 unspecified atom stereocenters. The fraction of sp³-hybridized carbons (Fsp3) is 0.650. The van der Waals surface area contributed by atoms with Gasteiger partial charge in [0.1, 0.15) is 0 Å². The van der Waals surface area contributed by atoms with Gasteiger partial charge in [0, 0.05) is 24.7 Å². The van der Waals surface area contributed by atoms with Crippen molar-refractivity contribution in [3.63, 3.8) is 0 Å². The van der Waals surface area contributed by atoms with Gasteiger partial charge in [0.05, 0.1) is 19.1 Å². The summed E-state index contributed by atoms with van der Waals surface area (Å²) in [5, 5.41) is 3.29. The summed E-state index contributed by atoms with van der Waals surface area (Å²) in [6.07, 6.45) is 3.59. The average Bonchev–Trinajstić information content (AvgIpc) is 3.26. The average molecular weight is 330 g/mol. The minimum atomic E-state index is -0.0166. The molecule has 132 valence electrons. The number of nitrogens with zero attached hydrogens (tertiary/aromatic N) is 1. The summed E-state index contributed by atoms with van der Waals surface area (Å²) in [5.41, 5.74) is 2.57. The highest BCUT2D eigenvalue weighted by Gasteiger charge is 2.44. The molecule has 4 nitrogen and oxygen atoms in total. The van der Waals surface area contributed by atoms with Crippen LogP contribution < -0.4 is 5.32 Å². The maximum absolute atomic E-state index is 12.5. The second-order valence-corrected chi connectivity index (χ2v) is 7.78. The molecule has 24 heavy (non-hydrogen) atoms. The van der Waals surface area contributed by atoms with Crippen LogP contribution >= 0.6 is 0 Å². The summed E-state index contributed by atoms with van der Waals surface area (Å²) in [7, 11) is 0. The first-order valence-corrected chi connectivity index (χ1v) is 9.18. The smallest absolute Gasteiger partial charge is 0.223 e. The summed E-state index contributed by atoms with van der Waals surface area (Å²) in [5.74, 6) is 0.135. The standard InChI is InChI=1S/C20H30N2O2/c1-15(2)22-9-10-24-18(14-22)12-19(23)21-20(7-8-20)13-17-6-4-5-16(3)11-17/h4-6,11,15,18H,7-10,12-14H2,1-3H3,(H,21,23). The van der Waals surface area contributed by atoms with Gasteiger partial charge in [0.2, 0.25) is 5.91 Å². The van der Waals surface area contributed by atoms with Gasteiger partial charge in [-0.15, -0.1) is 0 Å². The molecule has 1 saturated heterocycles. The predicted octanol–water partition coefficient (Wildman–Crippen LogP) is 2.69. The molecule has 1 atom stereocenters. The van der Waals surface area contributed by atoms with Crippen LogP contribution in [-0.4, -0.2) is 48.2 Å². The van der Waals surface area contributed by atoms with E-state index in [-0.39, 0.29) is 17.6 Å². The van der Waals surface area contributed by atoms with Gasteiger partial charge in [-0.3, -0.25) is 9.69 Å². The van der Waals surface area contributed by atoms with Crippen LogP contribution in [0.4, 0.5) is 0 Å². The van der Waals surface area contributed by atoms with Gasteiger partial charge in [-0.2, -0.15) is 0 Å². The zero-order valence-electron chi connectivity index (χ0n) is 15.2. The molecule has 1 aromatic rings. The Morgan fingerprint density at radius 1 is 1.42 bits per heavy atom. The Morgan fingerprint density at radius 3 is 2.88 bits per heavy atom. The van der Waals surface area contributed by atoms with E-state index in [0.717, 1.165) is 39.0 Å². The van der Waals surface area contributed by atoms with Crippen molar-refractivity contribution in [2.45, 2.75) is 64.1 Å². The molecule has 0 radical (unpaired) electrons. The minimum Gasteiger partial charge on any atom is -0.375 e. The Balaban J connectivity index is 1.51. The van der Waals surface area contributed by atoms with E-state index < -0.39 is 0 Å². The number of morpholine rings is 1. The van der Waals surface area contributed by atoms with Crippen LogP contribution in [0.2, 0.25) is 0 Å². The Kier molecular flexibility index (Phi) is 5.26. The molecule has 1 heterocycles. The van der Waals surface area contributed by atoms with E-state index in [1.807, 2.05) is 0 Å². The van der Waals surface area contributed by atoms with Crippen LogP contribution in [-0.2, 0) is 16.0 Å². The van der Waals surface area contributed by atoms with Crippen LogP contribution in [0.1, 0.15) is 44.2 Å². The Bertz CT molecular complexity index is 581. The van der Waals surface area contributed by atoms with Crippen LogP contribution in [0.25, 0.3) is 0 Å². The zero-order chi connectivity index (χ0) is 17.2. The third-order valence-corrected chi connectivity index (χ3v) is 5.20. The van der Waals surface area contributed by atoms with Crippen LogP contribution in [0.15, 0.2) is 24.3 Å². The van der Waals surface area contributed by atoms with Gasteiger partial charge in [-0.25, -0.2) is 0 Å². The molecule has 1 aliphatic carbocycles. The molecule has 0 aromatic heterocycles. The lowest BCUT2D eigenvalue weighted by molar-refractivity contribution is -0.127. The van der Waals surface area contributed by atoms with Crippen molar-refractivity contribution in [1.82, 2.24) is 10.2 Å². The van der Waals surface area contributed by atoms with Crippen molar-refractivity contribution in [2.24, 2.45) is 0 Å². The lowest BCUT2D eigenvalue weighted by atomic mass is 10.0. The maximum Gasteiger partial charge on any atom is 0.223 e. The van der Waals surface area contributed by atoms with E-state index in [9.17, 15) is 4.79 Å². The highest BCUT2D eigenvalue weighted by Crippen LogP contribution is 2.39. The molecule has 2 aliphatic rings. The third-order valence-electron chi connectivity index (χ3n) is 5.20. The van der Waals surface area contributed by atoms with E-state index in [0.29, 0.717) is 12.5 Å². The summed E-state index contributed by atoms with van der Waals surface area (Å²) < 4.78 is 5.80. The van der Waals surface area contributed by atoms with Crippen molar-refractivity contribution in [3.8, 4) is 0 Å². The first-order chi connectivity index (χ1) is 11.5. The fourth-order valence-electron chi connectivity index (χ4n) is 3.60. The van der Waals surface area contributed by atoms with Crippen molar-refractivity contribution >= 4 is 5.91 Å². The van der Waals surface area contributed by atoms with E-state index in [1.54, 1.807) is 0 Å². The predicted molar refractivity (Wildman–Crippen MR) is 96.1 cm³/mol. The number of carbonyl (C=O) groups excluding carboxylic acids is 1. The molecule has 1 amide bonds. The number of hydrogen-bond donors (Lipinski definition) is 1. The number of aryl methyl sites for hydroxylation is 1. The second-order valence-electron chi connectivity index (χ2n) is 7.78. The van der Waals surface area contributed by atoms with Gasteiger partial charge in [-0.1, -0.05) is 29.8 Å². The van der Waals surface area contributed by atoms with Crippen LogP contribution in [0, 0.1) is 6.92 Å². The number of benzene rings is 1. The van der Waals surface area contributed by atoms with E-state index in [2.05, 4.69) is 55.3 Å². The number of nitrogens with one attached hydrogen (secondary N) is 1. The van der Waals surface area contributed by atoms with Crippen LogP contribution in [0.5, 0.6) is 0 Å². The lowest BCUT2D eigenvalue weighted by Gasteiger charge is -2.35. The Labute approximate surface area is 145 Å². The number of ether oxygens (including phenoxy) is 1. The second kappa shape index (κ2) is 7.24. The number of carbonyl (C=O) groups is 1. The first-order valence-electron chi connectivity index (χ1n) is 9.18. The third kappa shape index (κ3) is 4.58. The fourth-order valence-corrected chi connectivity index (χ4v) is 3.60. The topological polar surface area (TPSA) is 41.6 Å². The molecule has 4 heteroatoms. The van der Waals surface area contributed by atoms with E-state index in [1.165, 1.54) is 11.1 Å².